The maximum atomic E-state index is 13.4. The second-order valence-electron chi connectivity index (χ2n) is 12.0. The van der Waals surface area contributed by atoms with Crippen molar-refractivity contribution in [3.8, 4) is 23.0 Å². The van der Waals surface area contributed by atoms with Gasteiger partial charge in [-0.05, 0) is 134 Å². The van der Waals surface area contributed by atoms with Crippen LogP contribution in [0.2, 0.25) is 0 Å². The lowest BCUT2D eigenvalue weighted by Crippen LogP contribution is -2.31. The van der Waals surface area contributed by atoms with Crippen LogP contribution in [0.25, 0.3) is 5.57 Å². The molecule has 0 radical (unpaired) electrons. The van der Waals surface area contributed by atoms with Gasteiger partial charge < -0.3 is 29.6 Å². The number of methoxy groups -OCH3 is 4. The van der Waals surface area contributed by atoms with Crippen molar-refractivity contribution >= 4 is 5.57 Å². The second-order valence-corrected chi connectivity index (χ2v) is 12.0. The molecule has 4 aromatic rings. The van der Waals surface area contributed by atoms with E-state index in [4.69, 9.17) is 18.9 Å². The largest absolute Gasteiger partial charge is 0.493 e. The van der Waals surface area contributed by atoms with Crippen LogP contribution in [0.4, 0.5) is 8.78 Å². The van der Waals surface area contributed by atoms with Crippen LogP contribution >= 0.6 is 0 Å². The molecular weight excluding hydrogens is 610 g/mol. The Morgan fingerprint density at radius 1 is 0.562 bits per heavy atom. The van der Waals surface area contributed by atoms with Crippen LogP contribution in [-0.4, -0.2) is 54.6 Å². The van der Waals surface area contributed by atoms with Crippen LogP contribution in [0, 0.1) is 17.6 Å². The summed E-state index contributed by atoms with van der Waals surface area (Å²) in [5.74, 6) is 3.19. The van der Waals surface area contributed by atoms with Crippen molar-refractivity contribution in [2.24, 2.45) is 5.92 Å². The summed E-state index contributed by atoms with van der Waals surface area (Å²) in [7, 11) is 6.56. The van der Waals surface area contributed by atoms with Gasteiger partial charge in [0.15, 0.2) is 23.0 Å². The molecule has 0 amide bonds. The number of ether oxygens (including phenoxy) is 4. The zero-order chi connectivity index (χ0) is 33.9. The molecule has 2 saturated heterocycles. The van der Waals surface area contributed by atoms with E-state index in [9.17, 15) is 8.78 Å². The maximum Gasteiger partial charge on any atom is 0.161 e. The van der Waals surface area contributed by atoms with Crippen molar-refractivity contribution in [3.05, 3.63) is 124 Å². The average molecular weight is 657 g/mol. The minimum absolute atomic E-state index is 0.199. The molecule has 0 aliphatic carbocycles. The molecule has 0 saturated carbocycles. The van der Waals surface area contributed by atoms with E-state index in [-0.39, 0.29) is 17.6 Å². The summed E-state index contributed by atoms with van der Waals surface area (Å²) in [6, 6.07) is 25.6. The van der Waals surface area contributed by atoms with E-state index in [1.165, 1.54) is 23.3 Å². The first-order valence-electron chi connectivity index (χ1n) is 16.5. The van der Waals surface area contributed by atoms with E-state index in [2.05, 4.69) is 22.8 Å². The van der Waals surface area contributed by atoms with Gasteiger partial charge >= 0.3 is 0 Å². The summed E-state index contributed by atoms with van der Waals surface area (Å²) in [5.41, 5.74) is 6.98. The van der Waals surface area contributed by atoms with Gasteiger partial charge in [-0.2, -0.15) is 0 Å². The Morgan fingerprint density at radius 2 is 1.04 bits per heavy atom. The third-order valence-electron chi connectivity index (χ3n) is 9.22. The van der Waals surface area contributed by atoms with Crippen molar-refractivity contribution in [1.82, 2.24) is 10.6 Å². The fraction of sp³-hybridized carbons (Fsp3) is 0.350. The summed E-state index contributed by atoms with van der Waals surface area (Å²) < 4.78 is 48.3. The lowest BCUT2D eigenvalue weighted by atomic mass is 9.76. The first kappa shape index (κ1) is 34.9. The second kappa shape index (κ2) is 17.1. The molecule has 2 heterocycles. The van der Waals surface area contributed by atoms with Crippen LogP contribution in [0.3, 0.4) is 0 Å². The lowest BCUT2D eigenvalue weighted by Gasteiger charge is -2.32. The smallest absolute Gasteiger partial charge is 0.161 e. The number of rotatable bonds is 9. The fourth-order valence-electron chi connectivity index (χ4n) is 6.79. The highest BCUT2D eigenvalue weighted by Crippen LogP contribution is 2.40. The van der Waals surface area contributed by atoms with Gasteiger partial charge in [-0.3, -0.25) is 0 Å². The van der Waals surface area contributed by atoms with Gasteiger partial charge in [0.05, 0.1) is 28.4 Å². The zero-order valence-electron chi connectivity index (χ0n) is 28.3. The molecule has 0 spiro atoms. The normalized spacial score (nSPS) is 15.5. The Bertz CT molecular complexity index is 1640. The van der Waals surface area contributed by atoms with E-state index in [1.54, 1.807) is 40.6 Å². The van der Waals surface area contributed by atoms with Crippen LogP contribution in [0.1, 0.15) is 53.9 Å². The fourth-order valence-corrected chi connectivity index (χ4v) is 6.79. The summed E-state index contributed by atoms with van der Waals surface area (Å²) in [6.45, 7) is 3.98. The van der Waals surface area contributed by atoms with Crippen LogP contribution in [0.5, 0.6) is 23.0 Å². The number of piperidine rings is 2. The van der Waals surface area contributed by atoms with Crippen molar-refractivity contribution in [2.75, 3.05) is 54.6 Å². The van der Waals surface area contributed by atoms with Crippen LogP contribution in [0.15, 0.2) is 90.5 Å². The zero-order valence-corrected chi connectivity index (χ0v) is 28.3. The van der Waals surface area contributed by atoms with Gasteiger partial charge in [0.1, 0.15) is 11.6 Å². The van der Waals surface area contributed by atoms with Gasteiger partial charge in [0.2, 0.25) is 0 Å². The summed E-state index contributed by atoms with van der Waals surface area (Å²) in [5, 5.41) is 6.80. The molecule has 1 atom stereocenters. The molecule has 2 N–H and O–H groups in total. The van der Waals surface area contributed by atoms with Crippen molar-refractivity contribution in [2.45, 2.75) is 31.6 Å². The Kier molecular flexibility index (Phi) is 12.5. The molecule has 2 aliphatic rings. The minimum atomic E-state index is -0.222. The van der Waals surface area contributed by atoms with E-state index >= 15 is 0 Å². The molecule has 254 valence electrons. The predicted octanol–water partition coefficient (Wildman–Crippen LogP) is 8.00. The van der Waals surface area contributed by atoms with Crippen LogP contribution in [-0.2, 0) is 0 Å². The quantitative estimate of drug-likeness (QED) is 0.190. The minimum Gasteiger partial charge on any atom is -0.493 e. The van der Waals surface area contributed by atoms with Gasteiger partial charge in [0.25, 0.3) is 0 Å². The summed E-state index contributed by atoms with van der Waals surface area (Å²) in [6.07, 6.45) is 4.19. The molecule has 0 aromatic heterocycles. The molecule has 1 unspecified atom stereocenters. The molecule has 6 nitrogen and oxygen atoms in total. The Balaban J connectivity index is 0.000000188. The standard InChI is InChI=1S/C20H24FNO2.C20H22FNO2/c2*1-23-18-8-5-16(13-19(18)24-2)20(15-9-11-22-12-10-15)14-3-6-17(21)7-4-14/h3-8,13,15,20,22H,9-12H2,1-2H3;3-8,13,22H,9-12H2,1-2H3. The van der Waals surface area contributed by atoms with E-state index < -0.39 is 0 Å². The van der Waals surface area contributed by atoms with Gasteiger partial charge in [-0.1, -0.05) is 42.0 Å². The molecule has 2 aliphatic heterocycles. The number of nitrogens with one attached hydrogen (secondary N) is 2. The highest BCUT2D eigenvalue weighted by atomic mass is 19.1. The molecule has 48 heavy (non-hydrogen) atoms. The topological polar surface area (TPSA) is 61.0 Å². The van der Waals surface area contributed by atoms with Gasteiger partial charge in [0, 0.05) is 5.92 Å². The van der Waals surface area contributed by atoms with E-state index in [0.29, 0.717) is 17.4 Å². The molecule has 4 aromatic carbocycles. The summed E-state index contributed by atoms with van der Waals surface area (Å²) >= 11 is 0. The van der Waals surface area contributed by atoms with Crippen molar-refractivity contribution in [3.63, 3.8) is 0 Å². The number of hydrogen-bond acceptors (Lipinski definition) is 6. The van der Waals surface area contributed by atoms with Crippen LogP contribution < -0.4 is 29.6 Å². The molecular formula is C40H46F2N2O4. The first-order valence-corrected chi connectivity index (χ1v) is 16.5. The lowest BCUT2D eigenvalue weighted by molar-refractivity contribution is 0.337. The highest BCUT2D eigenvalue weighted by Gasteiger charge is 2.27. The van der Waals surface area contributed by atoms with Gasteiger partial charge in [-0.15, -0.1) is 0 Å². The van der Waals surface area contributed by atoms with E-state index in [1.807, 2.05) is 48.5 Å². The summed E-state index contributed by atoms with van der Waals surface area (Å²) in [4.78, 5) is 0. The number of halogens is 2. The Hall–Kier alpha value is -4.40. The maximum absolute atomic E-state index is 13.4. The van der Waals surface area contributed by atoms with Crippen molar-refractivity contribution < 1.29 is 27.7 Å². The highest BCUT2D eigenvalue weighted by molar-refractivity contribution is 5.83. The number of hydrogen-bond donors (Lipinski definition) is 2. The third kappa shape index (κ3) is 8.54. The third-order valence-corrected chi connectivity index (χ3v) is 9.22. The van der Waals surface area contributed by atoms with Gasteiger partial charge in [-0.25, -0.2) is 8.78 Å². The SMILES string of the molecule is COc1ccc(C(=C2CCNCC2)c2ccc(F)cc2)cc1OC.COc1ccc(C(c2ccc(F)cc2)C2CCNCC2)cc1OC. The Morgan fingerprint density at radius 3 is 1.62 bits per heavy atom. The molecule has 8 heteroatoms. The average Bonchev–Trinajstić information content (AvgIpc) is 3.14. The number of benzene rings is 4. The van der Waals surface area contributed by atoms with E-state index in [0.717, 1.165) is 85.6 Å². The van der Waals surface area contributed by atoms with Crippen molar-refractivity contribution in [1.29, 1.82) is 0 Å². The first-order chi connectivity index (χ1) is 23.4. The molecule has 0 bridgehead atoms. The molecule has 6 rings (SSSR count). The monoisotopic (exact) mass is 656 g/mol. The Labute approximate surface area is 283 Å². The molecule has 2 fully saturated rings. The predicted molar refractivity (Wildman–Crippen MR) is 187 cm³/mol.